The zero-order valence-corrected chi connectivity index (χ0v) is 21.3. The topological polar surface area (TPSA) is 84.0 Å². The third-order valence-electron chi connectivity index (χ3n) is 5.16. The highest BCUT2D eigenvalue weighted by molar-refractivity contribution is 14.0. The second kappa shape index (κ2) is 17.1. The maximum Gasteiger partial charge on any atom is 0.221 e. The summed E-state index contributed by atoms with van der Waals surface area (Å²) in [6, 6.07) is 8.23. The molecule has 0 atom stereocenters. The van der Waals surface area contributed by atoms with Crippen molar-refractivity contribution in [3.05, 3.63) is 29.8 Å². The number of hydrogen-bond donors (Lipinski definition) is 3. The van der Waals surface area contributed by atoms with E-state index in [0.29, 0.717) is 31.5 Å². The number of ether oxygens (including phenoxy) is 2. The summed E-state index contributed by atoms with van der Waals surface area (Å²) in [7, 11) is 1.66. The molecule has 0 heterocycles. The summed E-state index contributed by atoms with van der Waals surface area (Å²) in [6.07, 6.45) is 7.28. The van der Waals surface area contributed by atoms with E-state index in [9.17, 15) is 4.79 Å². The van der Waals surface area contributed by atoms with Crippen molar-refractivity contribution in [2.45, 2.75) is 64.5 Å². The summed E-state index contributed by atoms with van der Waals surface area (Å²) in [5, 5.41) is 9.77. The Morgan fingerprint density at radius 2 is 1.81 bits per heavy atom. The molecule has 8 heteroatoms. The smallest absolute Gasteiger partial charge is 0.221 e. The predicted molar refractivity (Wildman–Crippen MR) is 136 cm³/mol. The molecule has 7 nitrogen and oxygen atoms in total. The minimum Gasteiger partial charge on any atom is -0.497 e. The fourth-order valence-corrected chi connectivity index (χ4v) is 3.44. The van der Waals surface area contributed by atoms with E-state index in [1.165, 1.54) is 19.3 Å². The molecule has 1 aromatic carbocycles. The zero-order chi connectivity index (χ0) is 21.4. The molecule has 0 radical (unpaired) electrons. The normalized spacial score (nSPS) is 14.5. The number of carbonyl (C=O) groups is 1. The molecule has 1 aromatic rings. The number of aliphatic imine (C=N–C) groups is 1. The van der Waals surface area contributed by atoms with Gasteiger partial charge in [-0.1, -0.05) is 31.4 Å². The van der Waals surface area contributed by atoms with Crippen LogP contribution in [-0.4, -0.2) is 51.3 Å². The molecule has 0 unspecified atom stereocenters. The quantitative estimate of drug-likeness (QED) is 0.162. The molecule has 31 heavy (non-hydrogen) atoms. The second-order valence-corrected chi connectivity index (χ2v) is 7.57. The summed E-state index contributed by atoms with van der Waals surface area (Å²) < 4.78 is 10.6. The molecule has 3 N–H and O–H groups in total. The van der Waals surface area contributed by atoms with E-state index in [2.05, 4.69) is 20.9 Å². The van der Waals surface area contributed by atoms with Gasteiger partial charge < -0.3 is 25.4 Å². The molecule has 0 saturated heterocycles. The van der Waals surface area contributed by atoms with Crippen molar-refractivity contribution in [1.82, 2.24) is 16.0 Å². The van der Waals surface area contributed by atoms with Gasteiger partial charge in [-0.25, -0.2) is 4.99 Å². The molecular weight excluding hydrogens is 507 g/mol. The third kappa shape index (κ3) is 12.2. The number of nitrogens with zero attached hydrogens (tertiary/aromatic N) is 1. The van der Waals surface area contributed by atoms with Gasteiger partial charge in [0.25, 0.3) is 0 Å². The van der Waals surface area contributed by atoms with Crippen LogP contribution in [-0.2, 0) is 16.1 Å². The van der Waals surface area contributed by atoms with E-state index in [1.807, 2.05) is 31.2 Å². The van der Waals surface area contributed by atoms with Gasteiger partial charge >= 0.3 is 0 Å². The molecule has 1 aliphatic carbocycles. The molecular formula is C23H39IN4O3. The molecule has 0 spiro atoms. The van der Waals surface area contributed by atoms with Crippen LogP contribution >= 0.6 is 24.0 Å². The van der Waals surface area contributed by atoms with Crippen molar-refractivity contribution in [2.24, 2.45) is 4.99 Å². The minimum atomic E-state index is 0. The van der Waals surface area contributed by atoms with Crippen molar-refractivity contribution in [2.75, 3.05) is 33.4 Å². The van der Waals surface area contributed by atoms with Gasteiger partial charge in [0.1, 0.15) is 5.75 Å². The zero-order valence-electron chi connectivity index (χ0n) is 19.0. The Labute approximate surface area is 204 Å². The Bertz CT molecular complexity index is 634. The van der Waals surface area contributed by atoms with Crippen LogP contribution in [0.3, 0.4) is 0 Å². The van der Waals surface area contributed by atoms with E-state index in [-0.39, 0.29) is 29.9 Å². The fraction of sp³-hybridized carbons (Fsp3) is 0.652. The van der Waals surface area contributed by atoms with Crippen LogP contribution < -0.4 is 20.7 Å². The molecule has 1 aliphatic rings. The average Bonchev–Trinajstić information content (AvgIpc) is 2.78. The minimum absolute atomic E-state index is 0. The summed E-state index contributed by atoms with van der Waals surface area (Å²) in [6.45, 7) is 5.32. The molecule has 0 aliphatic heterocycles. The maximum absolute atomic E-state index is 12.2. The first-order valence-corrected chi connectivity index (χ1v) is 11.2. The molecule has 176 valence electrons. The van der Waals surface area contributed by atoms with Gasteiger partial charge in [0.15, 0.2) is 5.96 Å². The average molecular weight is 546 g/mol. The monoisotopic (exact) mass is 546 g/mol. The number of carbonyl (C=O) groups excluding carboxylic acids is 1. The number of amides is 1. The summed E-state index contributed by atoms with van der Waals surface area (Å²) in [5.74, 6) is 1.66. The van der Waals surface area contributed by atoms with E-state index in [0.717, 1.165) is 50.3 Å². The molecule has 1 fully saturated rings. The van der Waals surface area contributed by atoms with E-state index in [1.54, 1.807) is 7.11 Å². The SMILES string of the molecule is CCOCCCNC(=NCc1ccc(OC)cc1)NCCC(=O)NC1CCCCC1.I. The van der Waals surface area contributed by atoms with Gasteiger partial charge in [0.05, 0.1) is 13.7 Å². The molecule has 1 amide bonds. The molecule has 1 saturated carbocycles. The number of halogens is 1. The number of benzene rings is 1. The summed E-state index contributed by atoms with van der Waals surface area (Å²) >= 11 is 0. The lowest BCUT2D eigenvalue weighted by molar-refractivity contribution is -0.121. The van der Waals surface area contributed by atoms with Crippen molar-refractivity contribution < 1.29 is 14.3 Å². The Kier molecular flexibility index (Phi) is 15.1. The highest BCUT2D eigenvalue weighted by Gasteiger charge is 2.15. The van der Waals surface area contributed by atoms with Crippen LogP contribution in [0.15, 0.2) is 29.3 Å². The van der Waals surface area contributed by atoms with E-state index >= 15 is 0 Å². The van der Waals surface area contributed by atoms with Crippen LogP contribution in [0.5, 0.6) is 5.75 Å². The van der Waals surface area contributed by atoms with Crippen LogP contribution in [0.2, 0.25) is 0 Å². The van der Waals surface area contributed by atoms with Gasteiger partial charge in [-0.15, -0.1) is 24.0 Å². The van der Waals surface area contributed by atoms with Crippen LogP contribution in [0.1, 0.15) is 57.4 Å². The van der Waals surface area contributed by atoms with Gasteiger partial charge in [-0.05, 0) is 43.9 Å². The lowest BCUT2D eigenvalue weighted by atomic mass is 9.95. The van der Waals surface area contributed by atoms with Crippen LogP contribution in [0, 0.1) is 0 Å². The van der Waals surface area contributed by atoms with Gasteiger partial charge in [0, 0.05) is 38.8 Å². The number of methoxy groups -OCH3 is 1. The van der Waals surface area contributed by atoms with Crippen molar-refractivity contribution in [1.29, 1.82) is 0 Å². The first-order chi connectivity index (χ1) is 14.7. The van der Waals surface area contributed by atoms with Gasteiger partial charge in [-0.2, -0.15) is 0 Å². The number of guanidine groups is 1. The summed E-state index contributed by atoms with van der Waals surface area (Å²) in [5.41, 5.74) is 1.10. The standard InChI is InChI=1S/C23H38N4O3.HI/c1-3-30-17-7-15-24-23(26-18-19-10-12-21(29-2)13-11-19)25-16-14-22(28)27-20-8-5-4-6-9-20;/h10-13,20H,3-9,14-18H2,1-2H3,(H,27,28)(H2,24,25,26);1H. The molecule has 0 bridgehead atoms. The Balaban J connectivity index is 0.00000480. The number of nitrogens with one attached hydrogen (secondary N) is 3. The largest absolute Gasteiger partial charge is 0.497 e. The third-order valence-corrected chi connectivity index (χ3v) is 5.16. The highest BCUT2D eigenvalue weighted by atomic mass is 127. The summed E-state index contributed by atoms with van der Waals surface area (Å²) in [4.78, 5) is 16.9. The Hall–Kier alpha value is -1.55. The van der Waals surface area contributed by atoms with Crippen molar-refractivity contribution >= 4 is 35.8 Å². The van der Waals surface area contributed by atoms with E-state index in [4.69, 9.17) is 9.47 Å². The molecule has 2 rings (SSSR count). The van der Waals surface area contributed by atoms with Gasteiger partial charge in [-0.3, -0.25) is 4.79 Å². The predicted octanol–water partition coefficient (Wildman–Crippen LogP) is 3.61. The lowest BCUT2D eigenvalue weighted by Gasteiger charge is -2.22. The second-order valence-electron chi connectivity index (χ2n) is 7.57. The number of rotatable bonds is 12. The van der Waals surface area contributed by atoms with E-state index < -0.39 is 0 Å². The highest BCUT2D eigenvalue weighted by Crippen LogP contribution is 2.17. The number of hydrogen-bond acceptors (Lipinski definition) is 4. The molecule has 0 aromatic heterocycles. The maximum atomic E-state index is 12.2. The Morgan fingerprint density at radius 1 is 1.10 bits per heavy atom. The lowest BCUT2D eigenvalue weighted by Crippen LogP contribution is -2.41. The van der Waals surface area contributed by atoms with Crippen LogP contribution in [0.25, 0.3) is 0 Å². The first-order valence-electron chi connectivity index (χ1n) is 11.2. The Morgan fingerprint density at radius 3 is 2.48 bits per heavy atom. The van der Waals surface area contributed by atoms with Crippen LogP contribution in [0.4, 0.5) is 0 Å². The van der Waals surface area contributed by atoms with Crippen molar-refractivity contribution in [3.8, 4) is 5.75 Å². The fourth-order valence-electron chi connectivity index (χ4n) is 3.44. The van der Waals surface area contributed by atoms with Crippen molar-refractivity contribution in [3.63, 3.8) is 0 Å². The first kappa shape index (κ1) is 27.5. The van der Waals surface area contributed by atoms with Gasteiger partial charge in [0.2, 0.25) is 5.91 Å².